The first-order valence-electron chi connectivity index (χ1n) is 12.3. The molecule has 0 saturated heterocycles. The molecule has 0 radical (unpaired) electrons. The Bertz CT molecular complexity index is 730. The van der Waals surface area contributed by atoms with Crippen molar-refractivity contribution in [2.24, 2.45) is 7.05 Å². The number of unbranched alkanes of at least 4 members (excludes halogenated alkanes) is 6. The van der Waals surface area contributed by atoms with E-state index in [2.05, 4.69) is 53.6 Å². The molecule has 0 N–H and O–H groups in total. The van der Waals surface area contributed by atoms with Gasteiger partial charge in [0.25, 0.3) is 0 Å². The van der Waals surface area contributed by atoms with Gasteiger partial charge in [-0.3, -0.25) is 13.8 Å². The highest BCUT2D eigenvalue weighted by Gasteiger charge is 1.99. The molecule has 10 heteroatoms. The minimum atomic E-state index is -1.08. The Morgan fingerprint density at radius 2 is 1.47 bits per heavy atom. The number of aryl methyl sites for hydroxylation is 2. The van der Waals surface area contributed by atoms with Crippen molar-refractivity contribution in [3.05, 3.63) is 43.9 Å². The first kappa shape index (κ1) is 45.2. The minimum absolute atomic E-state index is 0. The van der Waals surface area contributed by atoms with Crippen LogP contribution in [0.15, 0.2) is 43.9 Å². The smallest absolute Gasteiger partial charge is 0.310 e. The van der Waals surface area contributed by atoms with Gasteiger partial charge in [0, 0.05) is 42.6 Å². The van der Waals surface area contributed by atoms with E-state index in [-0.39, 0.29) is 19.4 Å². The Morgan fingerprint density at radius 3 is 1.74 bits per heavy atom. The third-order valence-corrected chi connectivity index (χ3v) is 3.71. The van der Waals surface area contributed by atoms with Crippen molar-refractivity contribution in [2.45, 2.75) is 100.0 Å². The molecule has 0 bridgehead atoms. The van der Waals surface area contributed by atoms with E-state index in [0.717, 1.165) is 26.3 Å². The summed E-state index contributed by atoms with van der Waals surface area (Å²) in [6, 6.07) is 0. The Labute approximate surface area is 234 Å². The molecule has 0 aliphatic rings. The molecule has 1 aromatic rings. The van der Waals surface area contributed by atoms with E-state index in [1.807, 2.05) is 17.8 Å². The molecule has 1 heterocycles. The normalized spacial score (nSPS) is 8.66. The maximum atomic E-state index is 10.9. The van der Waals surface area contributed by atoms with Gasteiger partial charge in [0.2, 0.25) is 6.33 Å². The van der Waals surface area contributed by atoms with Gasteiger partial charge in [0.1, 0.15) is 12.4 Å². The first-order chi connectivity index (χ1) is 17.2. The average molecular weight is 563 g/mol. The Hall–Kier alpha value is -2.75. The number of nitrogens with zero attached hydrogens (tertiary/aromatic N) is 2. The molecular formula is C28H54N2O7S. The monoisotopic (exact) mass is 562 g/mol. The molecule has 0 fully saturated rings. The number of aliphatic carboxylic acids is 1. The van der Waals surface area contributed by atoms with Crippen LogP contribution < -0.4 is 9.67 Å². The number of carboxylic acids is 1. The fourth-order valence-corrected chi connectivity index (χ4v) is 2.31. The molecule has 0 unspecified atom stereocenters. The number of carbonyl (C=O) groups is 3. The highest BCUT2D eigenvalue weighted by Crippen LogP contribution is 2.08. The van der Waals surface area contributed by atoms with Crippen molar-refractivity contribution < 1.29 is 37.7 Å². The molecule has 0 spiro atoms. The number of rotatable bonds is 11. The topological polar surface area (TPSA) is 119 Å². The maximum absolute atomic E-state index is 10.9. The molecule has 1 aromatic heterocycles. The lowest BCUT2D eigenvalue weighted by Crippen LogP contribution is -2.23. The van der Waals surface area contributed by atoms with Crippen LogP contribution in [0.1, 0.15) is 93.4 Å². The largest absolute Gasteiger partial charge is 0.550 e. The highest BCUT2D eigenvalue weighted by atomic mass is 32.2. The molecular weight excluding hydrogens is 508 g/mol. The third kappa shape index (κ3) is 58.8. The fourth-order valence-electron chi connectivity index (χ4n) is 2.31. The first-order valence-corrected chi connectivity index (χ1v) is 14.3. The summed E-state index contributed by atoms with van der Waals surface area (Å²) in [5, 5.41) is 8.89. The van der Waals surface area contributed by atoms with Crippen LogP contribution in [0.25, 0.3) is 0 Å². The summed E-state index contributed by atoms with van der Waals surface area (Å²) < 4.78 is 22.7. The summed E-state index contributed by atoms with van der Waals surface area (Å²) in [5.41, 5.74) is 0. The standard InChI is InChI=1S/C12H22O2.C6H11N2.C5H8O2.C2H4O2.C2H6OS.CH4/c1-3-5-6-7-8-9-10-11-12(13)14-4-2;1-3-8-5-4-7(2)6-8;1-4(2)7-5(3)6;1-2(3)4;1-4(2)3;/h4H,2-3,5-11H2,1H3;4-6H,3H2,1-2H3;1H2,2-3H3;1H3,(H,3,4);1-2H3;1H4/q;+1;;;;/p-1. The van der Waals surface area contributed by atoms with Gasteiger partial charge >= 0.3 is 11.9 Å². The van der Waals surface area contributed by atoms with E-state index in [4.69, 9.17) is 9.90 Å². The lowest BCUT2D eigenvalue weighted by Gasteiger charge is -2.00. The molecule has 0 atom stereocenters. The van der Waals surface area contributed by atoms with Gasteiger partial charge in [-0.05, 0) is 27.2 Å². The van der Waals surface area contributed by atoms with Crippen molar-refractivity contribution in [3.63, 3.8) is 0 Å². The molecule has 38 heavy (non-hydrogen) atoms. The molecule has 0 aromatic carbocycles. The van der Waals surface area contributed by atoms with E-state index in [1.54, 1.807) is 19.4 Å². The quantitative estimate of drug-likeness (QED) is 0.167. The van der Waals surface area contributed by atoms with Crippen LogP contribution in [0.5, 0.6) is 0 Å². The van der Waals surface area contributed by atoms with Crippen molar-refractivity contribution in [2.75, 3.05) is 12.5 Å². The second kappa shape index (κ2) is 34.2. The SMILES string of the molecule is C.C=C(C)OC(C)=O.C=COC(=O)CCCCCCCCC.CC(=O)[O-].CCn1cc[n+](C)c1.CS(C)=O. The van der Waals surface area contributed by atoms with Crippen molar-refractivity contribution in [1.82, 2.24) is 4.57 Å². The number of hydrogen-bond acceptors (Lipinski definition) is 7. The molecule has 0 saturated carbocycles. The Morgan fingerprint density at radius 1 is 1.03 bits per heavy atom. The van der Waals surface area contributed by atoms with Crippen LogP contribution in [-0.4, -0.2) is 39.2 Å². The summed E-state index contributed by atoms with van der Waals surface area (Å²) in [5.74, 6) is -1.12. The number of esters is 2. The second-order valence-corrected chi connectivity index (χ2v) is 9.45. The fraction of sp³-hybridized carbons (Fsp3) is 0.643. The van der Waals surface area contributed by atoms with Gasteiger partial charge in [-0.15, -0.1) is 0 Å². The third-order valence-electron chi connectivity index (χ3n) is 3.71. The summed E-state index contributed by atoms with van der Waals surface area (Å²) in [4.78, 5) is 29.7. The zero-order valence-electron chi connectivity index (χ0n) is 24.2. The molecule has 0 aliphatic heterocycles. The zero-order chi connectivity index (χ0) is 29.6. The predicted molar refractivity (Wildman–Crippen MR) is 154 cm³/mol. The van der Waals surface area contributed by atoms with Crippen LogP contribution in [0.2, 0.25) is 0 Å². The zero-order valence-corrected chi connectivity index (χ0v) is 25.1. The molecule has 9 nitrogen and oxygen atoms in total. The number of allylic oxidation sites excluding steroid dienone is 1. The maximum Gasteiger partial charge on any atom is 0.310 e. The van der Waals surface area contributed by atoms with Crippen LogP contribution in [-0.2, 0) is 48.2 Å². The summed E-state index contributed by atoms with van der Waals surface area (Å²) >= 11 is 0. The molecule has 0 amide bonds. The van der Waals surface area contributed by atoms with Crippen molar-refractivity contribution >= 4 is 28.7 Å². The number of carboxylic acid groups (broad SMARTS) is 1. The number of carbonyl (C=O) groups excluding carboxylic acids is 3. The number of aromatic nitrogens is 2. The van der Waals surface area contributed by atoms with E-state index >= 15 is 0 Å². The van der Waals surface area contributed by atoms with E-state index < -0.39 is 16.8 Å². The van der Waals surface area contributed by atoms with E-state index in [1.165, 1.54) is 45.3 Å². The molecule has 0 aliphatic carbocycles. The van der Waals surface area contributed by atoms with Gasteiger partial charge in [0.05, 0.1) is 25.6 Å². The summed E-state index contributed by atoms with van der Waals surface area (Å²) in [6.07, 6.45) is 19.7. The Kier molecular flexibility index (Phi) is 40.7. The van der Waals surface area contributed by atoms with Crippen molar-refractivity contribution in [1.29, 1.82) is 0 Å². The van der Waals surface area contributed by atoms with Gasteiger partial charge < -0.3 is 19.4 Å². The molecule has 224 valence electrons. The second-order valence-electron chi connectivity index (χ2n) is 7.97. The minimum Gasteiger partial charge on any atom is -0.550 e. The van der Waals surface area contributed by atoms with Crippen molar-refractivity contribution in [3.8, 4) is 0 Å². The lowest BCUT2D eigenvalue weighted by atomic mass is 10.1. The predicted octanol–water partition coefficient (Wildman–Crippen LogP) is 4.62. The summed E-state index contributed by atoms with van der Waals surface area (Å²) in [7, 11) is 1.41. The van der Waals surface area contributed by atoms with Crippen LogP contribution in [0.4, 0.5) is 0 Å². The van der Waals surface area contributed by atoms with Crippen LogP contribution >= 0.6 is 0 Å². The Balaban J connectivity index is -0.000000130. The highest BCUT2D eigenvalue weighted by molar-refractivity contribution is 7.83. The van der Waals surface area contributed by atoms with Gasteiger partial charge in [-0.2, -0.15) is 0 Å². The lowest BCUT2D eigenvalue weighted by molar-refractivity contribution is -0.671. The van der Waals surface area contributed by atoms with Gasteiger partial charge in [-0.1, -0.05) is 66.0 Å². The van der Waals surface area contributed by atoms with E-state index in [9.17, 15) is 13.8 Å². The molecule has 1 rings (SSSR count). The van der Waals surface area contributed by atoms with Gasteiger partial charge in [-0.25, -0.2) is 9.13 Å². The average Bonchev–Trinajstić information content (AvgIpc) is 3.18. The van der Waals surface area contributed by atoms with Crippen LogP contribution in [0.3, 0.4) is 0 Å². The summed E-state index contributed by atoms with van der Waals surface area (Å²) in [6.45, 7) is 16.0. The number of hydrogen-bond donors (Lipinski definition) is 0. The van der Waals surface area contributed by atoms with Crippen LogP contribution in [0, 0.1) is 0 Å². The number of imidazole rings is 1. The van der Waals surface area contributed by atoms with E-state index in [0.29, 0.717) is 12.2 Å². The van der Waals surface area contributed by atoms with Gasteiger partial charge in [0.15, 0.2) is 0 Å². The number of ether oxygens (including phenoxy) is 2.